The molecule has 0 aliphatic rings. The third kappa shape index (κ3) is 6.37. The van der Waals surface area contributed by atoms with Crippen molar-refractivity contribution in [3.63, 3.8) is 0 Å². The summed E-state index contributed by atoms with van der Waals surface area (Å²) in [5.41, 5.74) is 9.40. The van der Waals surface area contributed by atoms with Crippen LogP contribution in [0.2, 0.25) is 6.82 Å². The summed E-state index contributed by atoms with van der Waals surface area (Å²) in [5.74, 6) is -0.228. The van der Waals surface area contributed by atoms with E-state index in [4.69, 9.17) is 0 Å². The number of benzene rings is 4. The smallest absolute Gasteiger partial charge is 0.255 e. The second kappa shape index (κ2) is 11.7. The van der Waals surface area contributed by atoms with E-state index < -0.39 is 0 Å². The molecule has 2 N–H and O–H groups in total. The van der Waals surface area contributed by atoms with Gasteiger partial charge < -0.3 is 10.6 Å². The molecule has 0 heterocycles. The summed E-state index contributed by atoms with van der Waals surface area (Å²) in [6, 6.07) is 27.5. The molecule has 0 saturated carbocycles. The minimum Gasteiger partial charge on any atom is -0.322 e. The molecule has 4 aromatic carbocycles. The maximum Gasteiger partial charge on any atom is 0.255 e. The van der Waals surface area contributed by atoms with E-state index in [1.807, 2.05) is 86.6 Å². The first-order valence-electron chi connectivity index (χ1n) is 12.9. The fourth-order valence-electron chi connectivity index (χ4n) is 4.36. The number of amides is 2. The van der Waals surface area contributed by atoms with Crippen LogP contribution in [-0.4, -0.2) is 19.1 Å². The van der Waals surface area contributed by atoms with Crippen LogP contribution in [0.1, 0.15) is 49.9 Å². The van der Waals surface area contributed by atoms with E-state index in [0.717, 1.165) is 53.6 Å². The first-order chi connectivity index (χ1) is 17.9. The Labute approximate surface area is 220 Å². The van der Waals surface area contributed by atoms with E-state index in [1.165, 1.54) is 11.1 Å². The van der Waals surface area contributed by atoms with Crippen LogP contribution >= 0.6 is 0 Å². The molecule has 0 unspecified atom stereocenters. The standard InChI is InChI=1S/C32H33BN2O2/c1-5-23-6-10-25(11-7-23)31(36)34-29-16-14-27(18-21(29)2)28-15-17-30(22(3)19-28)35-32(37)26-12-8-24(9-13-26)20-33-4/h6-19,33H,5,20H2,1-4H3,(H,34,36)(H,35,37). The number of carbonyl (C=O) groups is 2. The molecule has 4 nitrogen and oxygen atoms in total. The molecular formula is C32H33BN2O2. The monoisotopic (exact) mass is 488 g/mol. The molecule has 4 aromatic rings. The van der Waals surface area contributed by atoms with Crippen molar-refractivity contribution in [2.75, 3.05) is 10.6 Å². The Bertz CT molecular complexity index is 1410. The molecule has 186 valence electrons. The topological polar surface area (TPSA) is 58.2 Å². The van der Waals surface area contributed by atoms with Crippen molar-refractivity contribution >= 4 is 30.5 Å². The maximum atomic E-state index is 12.7. The van der Waals surface area contributed by atoms with E-state index >= 15 is 0 Å². The van der Waals surface area contributed by atoms with E-state index in [0.29, 0.717) is 11.1 Å². The van der Waals surface area contributed by atoms with Crippen molar-refractivity contribution in [3.8, 4) is 11.1 Å². The van der Waals surface area contributed by atoms with Crippen LogP contribution in [0, 0.1) is 13.8 Å². The Balaban J connectivity index is 1.45. The first-order valence-corrected chi connectivity index (χ1v) is 12.9. The predicted molar refractivity (Wildman–Crippen MR) is 156 cm³/mol. The van der Waals surface area contributed by atoms with Crippen LogP contribution < -0.4 is 10.6 Å². The van der Waals surface area contributed by atoms with E-state index in [2.05, 4.69) is 36.5 Å². The molecule has 4 rings (SSSR count). The molecule has 0 saturated heterocycles. The molecule has 37 heavy (non-hydrogen) atoms. The van der Waals surface area contributed by atoms with Crippen molar-refractivity contribution in [2.24, 2.45) is 0 Å². The summed E-state index contributed by atoms with van der Waals surface area (Å²) >= 11 is 0. The van der Waals surface area contributed by atoms with Gasteiger partial charge in [-0.2, -0.15) is 0 Å². The Kier molecular flexibility index (Phi) is 8.24. The van der Waals surface area contributed by atoms with Crippen molar-refractivity contribution < 1.29 is 9.59 Å². The largest absolute Gasteiger partial charge is 0.322 e. The number of hydrogen-bond acceptors (Lipinski definition) is 2. The molecule has 0 atom stereocenters. The van der Waals surface area contributed by atoms with Gasteiger partial charge in [0.15, 0.2) is 0 Å². The fourth-order valence-corrected chi connectivity index (χ4v) is 4.36. The van der Waals surface area contributed by atoms with Crippen LogP contribution in [0.25, 0.3) is 11.1 Å². The lowest BCUT2D eigenvalue weighted by Gasteiger charge is -2.13. The summed E-state index contributed by atoms with van der Waals surface area (Å²) < 4.78 is 0. The molecule has 0 aliphatic heterocycles. The summed E-state index contributed by atoms with van der Waals surface area (Å²) in [5, 5.41) is 6.06. The van der Waals surface area contributed by atoms with Gasteiger partial charge in [-0.1, -0.05) is 62.0 Å². The number of anilines is 2. The molecule has 0 aliphatic carbocycles. The molecule has 5 heteroatoms. The van der Waals surface area contributed by atoms with Gasteiger partial charge >= 0.3 is 0 Å². The van der Waals surface area contributed by atoms with Gasteiger partial charge in [0.25, 0.3) is 11.8 Å². The number of nitrogens with one attached hydrogen (secondary N) is 2. The zero-order chi connectivity index (χ0) is 26.4. The highest BCUT2D eigenvalue weighted by Crippen LogP contribution is 2.28. The molecule has 0 aromatic heterocycles. The lowest BCUT2D eigenvalue weighted by atomic mass is 9.75. The Morgan fingerprint density at radius 2 is 1.08 bits per heavy atom. The molecule has 0 radical (unpaired) electrons. The van der Waals surface area contributed by atoms with E-state index in [1.54, 1.807) is 0 Å². The van der Waals surface area contributed by atoms with Gasteiger partial charge in [-0.15, -0.1) is 0 Å². The van der Waals surface area contributed by atoms with Crippen LogP contribution in [0.15, 0.2) is 84.9 Å². The van der Waals surface area contributed by atoms with Crippen molar-refractivity contribution in [2.45, 2.75) is 40.3 Å². The Morgan fingerprint density at radius 3 is 1.46 bits per heavy atom. The van der Waals surface area contributed by atoms with Gasteiger partial charge in [0.2, 0.25) is 0 Å². The van der Waals surface area contributed by atoms with Gasteiger partial charge in [-0.3, -0.25) is 9.59 Å². The number of rotatable bonds is 8. The van der Waals surface area contributed by atoms with E-state index in [9.17, 15) is 9.59 Å². The molecule has 0 fully saturated rings. The van der Waals surface area contributed by atoms with Crippen molar-refractivity contribution in [1.29, 1.82) is 0 Å². The van der Waals surface area contributed by atoms with E-state index in [-0.39, 0.29) is 11.8 Å². The van der Waals surface area contributed by atoms with Crippen molar-refractivity contribution in [3.05, 3.63) is 118 Å². The summed E-state index contributed by atoms with van der Waals surface area (Å²) in [7, 11) is 1.08. The van der Waals surface area contributed by atoms with Gasteiger partial charge in [0, 0.05) is 22.5 Å². The highest BCUT2D eigenvalue weighted by atomic mass is 16.2. The average Bonchev–Trinajstić information content (AvgIpc) is 2.91. The van der Waals surface area contributed by atoms with Gasteiger partial charge in [0.1, 0.15) is 7.28 Å². The first kappa shape index (κ1) is 26.0. The van der Waals surface area contributed by atoms with Crippen LogP contribution in [0.3, 0.4) is 0 Å². The third-order valence-corrected chi connectivity index (χ3v) is 6.66. The number of hydrogen-bond donors (Lipinski definition) is 2. The maximum absolute atomic E-state index is 12.7. The van der Waals surface area contributed by atoms with Crippen LogP contribution in [0.4, 0.5) is 11.4 Å². The van der Waals surface area contributed by atoms with Crippen LogP contribution in [0.5, 0.6) is 0 Å². The quantitative estimate of drug-likeness (QED) is 0.262. The second-order valence-corrected chi connectivity index (χ2v) is 9.47. The molecule has 0 bridgehead atoms. The molecular weight excluding hydrogens is 455 g/mol. The summed E-state index contributed by atoms with van der Waals surface area (Å²) in [6.07, 6.45) is 1.96. The second-order valence-electron chi connectivity index (χ2n) is 9.47. The van der Waals surface area contributed by atoms with Crippen LogP contribution in [-0.2, 0) is 12.7 Å². The van der Waals surface area contributed by atoms with Gasteiger partial charge in [-0.25, -0.2) is 0 Å². The molecule has 2 amide bonds. The van der Waals surface area contributed by atoms with Gasteiger partial charge in [0.05, 0.1) is 0 Å². The van der Waals surface area contributed by atoms with Gasteiger partial charge in [-0.05, 0) is 96.6 Å². The highest BCUT2D eigenvalue weighted by Gasteiger charge is 2.11. The average molecular weight is 488 g/mol. The highest BCUT2D eigenvalue weighted by molar-refractivity contribution is 6.32. The fraction of sp³-hybridized carbons (Fsp3) is 0.188. The Hall–Kier alpha value is -4.12. The normalized spacial score (nSPS) is 10.6. The SMILES string of the molecule is CBCc1ccc(C(=O)Nc2ccc(-c3ccc(NC(=O)c4ccc(CC)cc4)c(C)c3)cc2C)cc1. The number of aryl methyl sites for hydroxylation is 3. The molecule has 0 spiro atoms. The zero-order valence-electron chi connectivity index (χ0n) is 22.0. The zero-order valence-corrected chi connectivity index (χ0v) is 22.0. The predicted octanol–water partition coefficient (Wildman–Crippen LogP) is 7.02. The van der Waals surface area contributed by atoms with Crippen molar-refractivity contribution in [1.82, 2.24) is 0 Å². The Morgan fingerprint density at radius 1 is 0.649 bits per heavy atom. The summed E-state index contributed by atoms with van der Waals surface area (Å²) in [6.45, 7) is 8.23. The third-order valence-electron chi connectivity index (χ3n) is 6.66. The lowest BCUT2D eigenvalue weighted by molar-refractivity contribution is 0.101. The minimum absolute atomic E-state index is 0.112. The minimum atomic E-state index is -0.116. The lowest BCUT2D eigenvalue weighted by Crippen LogP contribution is -2.13. The summed E-state index contributed by atoms with van der Waals surface area (Å²) in [4.78, 5) is 25.4. The number of carbonyl (C=O) groups excluding carboxylic acids is 2.